The summed E-state index contributed by atoms with van der Waals surface area (Å²) in [5.41, 5.74) is -0.388. The van der Waals surface area contributed by atoms with Crippen LogP contribution in [0, 0.1) is 11.8 Å². The smallest absolute Gasteiger partial charge is 0.306 e. The van der Waals surface area contributed by atoms with Gasteiger partial charge < -0.3 is 9.84 Å². The molecule has 1 aliphatic carbocycles. The zero-order valence-electron chi connectivity index (χ0n) is 8.54. The lowest BCUT2D eigenvalue weighted by atomic mass is 10.2. The van der Waals surface area contributed by atoms with Crippen LogP contribution in [-0.4, -0.2) is 23.3 Å². The molecule has 0 amide bonds. The molecule has 1 rings (SSSR count). The van der Waals surface area contributed by atoms with Gasteiger partial charge in [0.1, 0.15) is 5.60 Å². The maximum atomic E-state index is 11.3. The Balaban J connectivity index is 2.20. The van der Waals surface area contributed by atoms with Gasteiger partial charge in [-0.2, -0.15) is 0 Å². The number of rotatable bonds is 3. The topological polar surface area (TPSA) is 46.5 Å². The number of ether oxygens (including phenoxy) is 1. The fourth-order valence-electron chi connectivity index (χ4n) is 1.38. The van der Waals surface area contributed by atoms with Crippen molar-refractivity contribution in [2.24, 2.45) is 11.8 Å². The normalized spacial score (nSPS) is 27.1. The van der Waals surface area contributed by atoms with Gasteiger partial charge in [0.15, 0.2) is 0 Å². The van der Waals surface area contributed by atoms with Crippen molar-refractivity contribution in [2.45, 2.75) is 39.2 Å². The molecule has 76 valence electrons. The third kappa shape index (κ3) is 3.77. The highest BCUT2D eigenvalue weighted by Gasteiger charge is 2.38. The van der Waals surface area contributed by atoms with E-state index in [2.05, 4.69) is 0 Å². The lowest BCUT2D eigenvalue weighted by Gasteiger charge is -2.19. The van der Waals surface area contributed by atoms with E-state index in [0.29, 0.717) is 18.3 Å². The maximum absolute atomic E-state index is 11.3. The van der Waals surface area contributed by atoms with Crippen molar-refractivity contribution in [3.8, 4) is 0 Å². The molecular weight excluding hydrogens is 168 g/mol. The predicted octanol–water partition coefficient (Wildman–Crippen LogP) is 1.35. The monoisotopic (exact) mass is 186 g/mol. The highest BCUT2D eigenvalue weighted by Crippen LogP contribution is 2.40. The highest BCUT2D eigenvalue weighted by molar-refractivity contribution is 5.70. The Morgan fingerprint density at radius 1 is 1.46 bits per heavy atom. The lowest BCUT2D eigenvalue weighted by molar-refractivity contribution is -0.155. The summed E-state index contributed by atoms with van der Waals surface area (Å²) in [6, 6.07) is 0. The number of aliphatic hydroxyl groups is 1. The van der Waals surface area contributed by atoms with Crippen molar-refractivity contribution in [3.05, 3.63) is 0 Å². The second kappa shape index (κ2) is 3.66. The van der Waals surface area contributed by atoms with E-state index in [0.717, 1.165) is 6.42 Å². The number of esters is 1. The standard InChI is InChI=1S/C10H18O3/c1-10(2,3)13-9(12)5-7-4-8(7)6-11/h7-8,11H,4-6H2,1-3H3/t7-,8+/m0/s1. The summed E-state index contributed by atoms with van der Waals surface area (Å²) < 4.78 is 5.16. The fraction of sp³-hybridized carbons (Fsp3) is 0.900. The van der Waals surface area contributed by atoms with Crippen molar-refractivity contribution in [2.75, 3.05) is 6.61 Å². The largest absolute Gasteiger partial charge is 0.460 e. The van der Waals surface area contributed by atoms with Gasteiger partial charge in [0.25, 0.3) is 0 Å². The van der Waals surface area contributed by atoms with E-state index in [1.807, 2.05) is 20.8 Å². The molecule has 0 unspecified atom stereocenters. The molecule has 1 aliphatic rings. The first-order chi connectivity index (χ1) is 5.92. The Hall–Kier alpha value is -0.570. The molecule has 0 heterocycles. The van der Waals surface area contributed by atoms with Gasteiger partial charge in [0.05, 0.1) is 0 Å². The van der Waals surface area contributed by atoms with Gasteiger partial charge in [0.2, 0.25) is 0 Å². The second-order valence-corrected chi connectivity index (χ2v) is 4.73. The van der Waals surface area contributed by atoms with Gasteiger partial charge in [-0.25, -0.2) is 0 Å². The molecule has 0 aromatic rings. The van der Waals surface area contributed by atoms with Gasteiger partial charge in [-0.3, -0.25) is 4.79 Å². The quantitative estimate of drug-likeness (QED) is 0.677. The molecule has 1 N–H and O–H groups in total. The summed E-state index contributed by atoms with van der Waals surface area (Å²) in [5.74, 6) is 0.556. The first-order valence-electron chi connectivity index (χ1n) is 4.75. The molecule has 0 spiro atoms. The van der Waals surface area contributed by atoms with Gasteiger partial charge >= 0.3 is 5.97 Å². The van der Waals surface area contributed by atoms with E-state index in [1.54, 1.807) is 0 Å². The number of hydrogen-bond donors (Lipinski definition) is 1. The molecule has 0 bridgehead atoms. The summed E-state index contributed by atoms with van der Waals surface area (Å²) in [4.78, 5) is 11.3. The molecular formula is C10H18O3. The molecule has 0 radical (unpaired) electrons. The van der Waals surface area contributed by atoms with Crippen LogP contribution in [0.4, 0.5) is 0 Å². The average Bonchev–Trinajstić information content (AvgIpc) is 2.62. The summed E-state index contributed by atoms with van der Waals surface area (Å²) in [5, 5.41) is 8.77. The minimum Gasteiger partial charge on any atom is -0.460 e. The van der Waals surface area contributed by atoms with Crippen LogP contribution in [0.25, 0.3) is 0 Å². The van der Waals surface area contributed by atoms with Crippen LogP contribution in [-0.2, 0) is 9.53 Å². The van der Waals surface area contributed by atoms with Gasteiger partial charge in [-0.05, 0) is 39.0 Å². The van der Waals surface area contributed by atoms with Crippen LogP contribution in [0.5, 0.6) is 0 Å². The fourth-order valence-corrected chi connectivity index (χ4v) is 1.38. The number of aliphatic hydroxyl groups excluding tert-OH is 1. The second-order valence-electron chi connectivity index (χ2n) is 4.73. The summed E-state index contributed by atoms with van der Waals surface area (Å²) in [7, 11) is 0. The Kier molecular flexibility index (Phi) is 2.96. The molecule has 0 saturated heterocycles. The van der Waals surface area contributed by atoms with Crippen LogP contribution in [0.1, 0.15) is 33.6 Å². The van der Waals surface area contributed by atoms with E-state index in [-0.39, 0.29) is 18.2 Å². The minimum atomic E-state index is -0.388. The average molecular weight is 186 g/mol. The molecule has 1 saturated carbocycles. The summed E-state index contributed by atoms with van der Waals surface area (Å²) in [6.45, 7) is 5.79. The van der Waals surface area contributed by atoms with E-state index >= 15 is 0 Å². The molecule has 3 heteroatoms. The molecule has 0 aliphatic heterocycles. The lowest BCUT2D eigenvalue weighted by Crippen LogP contribution is -2.24. The Morgan fingerprint density at radius 3 is 2.46 bits per heavy atom. The molecule has 2 atom stereocenters. The third-order valence-electron chi connectivity index (χ3n) is 2.15. The number of carbonyl (C=O) groups is 1. The first kappa shape index (κ1) is 10.5. The van der Waals surface area contributed by atoms with Gasteiger partial charge in [-0.15, -0.1) is 0 Å². The number of carbonyl (C=O) groups excluding carboxylic acids is 1. The molecule has 0 aromatic carbocycles. The SMILES string of the molecule is CC(C)(C)OC(=O)C[C@@H]1C[C@@H]1CO. The first-order valence-corrected chi connectivity index (χ1v) is 4.75. The van der Waals surface area contributed by atoms with E-state index in [4.69, 9.17) is 9.84 Å². The number of hydrogen-bond acceptors (Lipinski definition) is 3. The Labute approximate surface area is 79.1 Å². The zero-order valence-corrected chi connectivity index (χ0v) is 8.54. The third-order valence-corrected chi connectivity index (χ3v) is 2.15. The summed E-state index contributed by atoms with van der Waals surface area (Å²) >= 11 is 0. The molecule has 13 heavy (non-hydrogen) atoms. The van der Waals surface area contributed by atoms with Crippen LogP contribution in [0.3, 0.4) is 0 Å². The molecule has 1 fully saturated rings. The predicted molar refractivity (Wildman–Crippen MR) is 49.1 cm³/mol. The van der Waals surface area contributed by atoms with Crippen molar-refractivity contribution < 1.29 is 14.6 Å². The highest BCUT2D eigenvalue weighted by atomic mass is 16.6. The van der Waals surface area contributed by atoms with Crippen LogP contribution >= 0.6 is 0 Å². The van der Waals surface area contributed by atoms with E-state index in [9.17, 15) is 4.79 Å². The Bertz CT molecular complexity index is 193. The van der Waals surface area contributed by atoms with E-state index in [1.165, 1.54) is 0 Å². The van der Waals surface area contributed by atoms with Gasteiger partial charge in [-0.1, -0.05) is 0 Å². The maximum Gasteiger partial charge on any atom is 0.306 e. The zero-order chi connectivity index (χ0) is 10.1. The Morgan fingerprint density at radius 2 is 2.08 bits per heavy atom. The van der Waals surface area contributed by atoms with Crippen molar-refractivity contribution in [1.29, 1.82) is 0 Å². The van der Waals surface area contributed by atoms with Crippen molar-refractivity contribution >= 4 is 5.97 Å². The minimum absolute atomic E-state index is 0.145. The van der Waals surface area contributed by atoms with Crippen LogP contribution in [0.2, 0.25) is 0 Å². The van der Waals surface area contributed by atoms with Crippen LogP contribution in [0.15, 0.2) is 0 Å². The van der Waals surface area contributed by atoms with E-state index < -0.39 is 0 Å². The molecule has 3 nitrogen and oxygen atoms in total. The summed E-state index contributed by atoms with van der Waals surface area (Å²) in [6.07, 6.45) is 1.43. The van der Waals surface area contributed by atoms with Crippen molar-refractivity contribution in [3.63, 3.8) is 0 Å². The van der Waals surface area contributed by atoms with Gasteiger partial charge in [0, 0.05) is 13.0 Å². The van der Waals surface area contributed by atoms with Crippen LogP contribution < -0.4 is 0 Å². The molecule has 0 aromatic heterocycles. The van der Waals surface area contributed by atoms with Crippen molar-refractivity contribution in [1.82, 2.24) is 0 Å².